The zero-order valence-electron chi connectivity index (χ0n) is 10.9. The van der Waals surface area contributed by atoms with Crippen LogP contribution in [0.25, 0.3) is 11.0 Å². The van der Waals surface area contributed by atoms with Crippen molar-refractivity contribution in [1.82, 2.24) is 4.72 Å². The van der Waals surface area contributed by atoms with Gasteiger partial charge in [0.05, 0.1) is 18.4 Å². The van der Waals surface area contributed by atoms with Gasteiger partial charge in [-0.05, 0) is 19.1 Å². The van der Waals surface area contributed by atoms with Crippen LogP contribution in [0.4, 0.5) is 0 Å². The van der Waals surface area contributed by atoms with Gasteiger partial charge in [-0.3, -0.25) is 0 Å². The van der Waals surface area contributed by atoms with Crippen LogP contribution in [0, 0.1) is 0 Å². The molecule has 0 amide bonds. The summed E-state index contributed by atoms with van der Waals surface area (Å²) in [7, 11) is -1.89. The van der Waals surface area contributed by atoms with Gasteiger partial charge in [0, 0.05) is 12.5 Å². The topological polar surface area (TPSA) is 68.5 Å². The second-order valence-corrected chi connectivity index (χ2v) is 6.21. The van der Waals surface area contributed by atoms with E-state index in [0.717, 1.165) is 11.0 Å². The highest BCUT2D eigenvalue weighted by Gasteiger charge is 2.18. The van der Waals surface area contributed by atoms with Crippen LogP contribution in [-0.2, 0) is 14.8 Å². The summed E-state index contributed by atoms with van der Waals surface area (Å²) in [6.45, 7) is 1.92. The van der Waals surface area contributed by atoms with Gasteiger partial charge in [0.2, 0.25) is 10.0 Å². The third-order valence-electron chi connectivity index (χ3n) is 2.78. The van der Waals surface area contributed by atoms with Crippen LogP contribution >= 0.6 is 0 Å². The van der Waals surface area contributed by atoms with Crippen LogP contribution in [-0.4, -0.2) is 27.9 Å². The van der Waals surface area contributed by atoms with E-state index in [1.165, 1.54) is 7.11 Å². The number of methoxy groups -OCH3 is 1. The molecule has 0 bridgehead atoms. The van der Waals surface area contributed by atoms with Gasteiger partial charge in [0.1, 0.15) is 11.3 Å². The molecule has 0 spiro atoms. The molecule has 6 heteroatoms. The van der Waals surface area contributed by atoms with Crippen LogP contribution in [0.15, 0.2) is 34.7 Å². The predicted molar refractivity (Wildman–Crippen MR) is 73.4 cm³/mol. The molecule has 1 atom stereocenters. The Morgan fingerprint density at radius 3 is 2.79 bits per heavy atom. The van der Waals surface area contributed by atoms with Crippen LogP contribution < -0.4 is 4.72 Å². The second-order valence-electron chi connectivity index (χ2n) is 4.34. The average molecular weight is 283 g/mol. The molecule has 19 heavy (non-hydrogen) atoms. The Labute approximate surface area is 112 Å². The van der Waals surface area contributed by atoms with Gasteiger partial charge in [-0.25, -0.2) is 13.1 Å². The number of fused-ring (bicyclic) bond motifs is 1. The molecule has 5 nitrogen and oxygen atoms in total. The van der Waals surface area contributed by atoms with E-state index in [2.05, 4.69) is 4.72 Å². The smallest absolute Gasteiger partial charge is 0.214 e. The van der Waals surface area contributed by atoms with E-state index in [4.69, 9.17) is 9.15 Å². The van der Waals surface area contributed by atoms with E-state index in [0.29, 0.717) is 5.76 Å². The molecular formula is C13H17NO4S. The second kappa shape index (κ2) is 5.73. The normalized spacial score (nSPS) is 13.8. The maximum Gasteiger partial charge on any atom is 0.214 e. The molecule has 0 fully saturated rings. The molecule has 0 aliphatic carbocycles. The number of furan rings is 1. The Hall–Kier alpha value is -1.37. The predicted octanol–water partition coefficient (Wildman–Crippen LogP) is 2.06. The molecule has 2 aromatic rings. The molecule has 0 saturated carbocycles. The molecular weight excluding hydrogens is 266 g/mol. The van der Waals surface area contributed by atoms with Gasteiger partial charge in [0.25, 0.3) is 0 Å². The van der Waals surface area contributed by atoms with Crippen molar-refractivity contribution < 1.29 is 17.6 Å². The summed E-state index contributed by atoms with van der Waals surface area (Å²) >= 11 is 0. The van der Waals surface area contributed by atoms with E-state index in [1.54, 1.807) is 6.92 Å². The highest BCUT2D eigenvalue weighted by atomic mass is 32.2. The third-order valence-corrected chi connectivity index (χ3v) is 4.20. The summed E-state index contributed by atoms with van der Waals surface area (Å²) in [5, 5.41) is 0.959. The molecule has 0 aliphatic heterocycles. The number of nitrogens with one attached hydrogen (secondary N) is 1. The molecule has 1 aromatic heterocycles. The van der Waals surface area contributed by atoms with Crippen molar-refractivity contribution in [2.24, 2.45) is 0 Å². The Bertz CT molecular complexity index is 614. The lowest BCUT2D eigenvalue weighted by Crippen LogP contribution is -2.30. The maximum absolute atomic E-state index is 11.8. The third kappa shape index (κ3) is 3.56. The van der Waals surface area contributed by atoms with Gasteiger partial charge in [0.15, 0.2) is 0 Å². The minimum absolute atomic E-state index is 0.0614. The first-order chi connectivity index (χ1) is 9.02. The average Bonchev–Trinajstić information content (AvgIpc) is 2.80. The molecule has 1 N–H and O–H groups in total. The number of hydrogen-bond donors (Lipinski definition) is 1. The quantitative estimate of drug-likeness (QED) is 0.881. The van der Waals surface area contributed by atoms with Crippen LogP contribution in [0.5, 0.6) is 0 Å². The van der Waals surface area contributed by atoms with E-state index in [9.17, 15) is 8.42 Å². The van der Waals surface area contributed by atoms with Crippen molar-refractivity contribution in [2.75, 3.05) is 19.5 Å². The van der Waals surface area contributed by atoms with E-state index < -0.39 is 16.1 Å². The Morgan fingerprint density at radius 2 is 2.11 bits per heavy atom. The minimum atomic E-state index is -3.36. The summed E-state index contributed by atoms with van der Waals surface area (Å²) in [6, 6.07) is 9.00. The molecule has 0 saturated heterocycles. The number of rotatable bonds is 6. The standard InChI is InChI=1S/C13H17NO4S/c1-10(14-19(15,16)8-7-17-2)13-9-11-5-3-4-6-12(11)18-13/h3-6,9-10,14H,7-8H2,1-2H3/t10-/m0/s1. The Balaban J connectivity index is 2.13. The fourth-order valence-corrected chi connectivity index (χ4v) is 2.95. The SMILES string of the molecule is COCCS(=O)(=O)N[C@@H](C)c1cc2ccccc2o1. The molecule has 104 valence electrons. The summed E-state index contributed by atoms with van der Waals surface area (Å²) in [5.74, 6) is 0.538. The zero-order chi connectivity index (χ0) is 13.9. The number of benzene rings is 1. The van der Waals surface area contributed by atoms with Crippen molar-refractivity contribution >= 4 is 21.0 Å². The first kappa shape index (κ1) is 14.0. The van der Waals surface area contributed by atoms with E-state index in [1.807, 2.05) is 30.3 Å². The lowest BCUT2D eigenvalue weighted by Gasteiger charge is -2.11. The van der Waals surface area contributed by atoms with Crippen molar-refractivity contribution in [3.05, 3.63) is 36.1 Å². The first-order valence-electron chi connectivity index (χ1n) is 5.99. The lowest BCUT2D eigenvalue weighted by atomic mass is 10.2. The van der Waals surface area contributed by atoms with Gasteiger partial charge in [-0.2, -0.15) is 0 Å². The zero-order valence-corrected chi connectivity index (χ0v) is 11.7. The van der Waals surface area contributed by atoms with Gasteiger partial charge >= 0.3 is 0 Å². The first-order valence-corrected chi connectivity index (χ1v) is 7.64. The summed E-state index contributed by atoms with van der Waals surface area (Å²) in [5.41, 5.74) is 0.750. The van der Waals surface area contributed by atoms with Crippen LogP contribution in [0.3, 0.4) is 0 Å². The number of hydrogen-bond acceptors (Lipinski definition) is 4. The van der Waals surface area contributed by atoms with Crippen molar-refractivity contribution in [3.63, 3.8) is 0 Å². The Morgan fingerprint density at radius 1 is 1.37 bits per heavy atom. The van der Waals surface area contributed by atoms with E-state index >= 15 is 0 Å². The number of sulfonamides is 1. The molecule has 2 rings (SSSR count). The van der Waals surface area contributed by atoms with Crippen LogP contribution in [0.1, 0.15) is 18.7 Å². The molecule has 0 radical (unpaired) electrons. The maximum atomic E-state index is 11.8. The fraction of sp³-hybridized carbons (Fsp3) is 0.385. The molecule has 1 heterocycles. The van der Waals surface area contributed by atoms with Gasteiger partial charge < -0.3 is 9.15 Å². The number of ether oxygens (including phenoxy) is 1. The van der Waals surface area contributed by atoms with Gasteiger partial charge in [-0.15, -0.1) is 0 Å². The highest BCUT2D eigenvalue weighted by Crippen LogP contribution is 2.23. The highest BCUT2D eigenvalue weighted by molar-refractivity contribution is 7.89. The van der Waals surface area contributed by atoms with Crippen molar-refractivity contribution in [1.29, 1.82) is 0 Å². The van der Waals surface area contributed by atoms with Crippen molar-refractivity contribution in [2.45, 2.75) is 13.0 Å². The summed E-state index contributed by atoms with van der Waals surface area (Å²) in [4.78, 5) is 0. The monoisotopic (exact) mass is 283 g/mol. The Kier molecular flexibility index (Phi) is 4.24. The largest absolute Gasteiger partial charge is 0.459 e. The lowest BCUT2D eigenvalue weighted by molar-refractivity contribution is 0.216. The summed E-state index contributed by atoms with van der Waals surface area (Å²) < 4.78 is 36.5. The fourth-order valence-electron chi connectivity index (χ4n) is 1.80. The van der Waals surface area contributed by atoms with Gasteiger partial charge in [-0.1, -0.05) is 18.2 Å². The van der Waals surface area contributed by atoms with E-state index in [-0.39, 0.29) is 12.4 Å². The van der Waals surface area contributed by atoms with Crippen molar-refractivity contribution in [3.8, 4) is 0 Å². The minimum Gasteiger partial charge on any atom is -0.459 e. The summed E-state index contributed by atoms with van der Waals surface area (Å²) in [6.07, 6.45) is 0. The molecule has 0 aliphatic rings. The molecule has 1 aromatic carbocycles. The van der Waals surface area contributed by atoms with Crippen LogP contribution in [0.2, 0.25) is 0 Å². The number of para-hydroxylation sites is 1. The molecule has 0 unspecified atom stereocenters.